The minimum atomic E-state index is -0.487. The van der Waals surface area contributed by atoms with Gasteiger partial charge < -0.3 is 5.73 Å². The van der Waals surface area contributed by atoms with Crippen molar-refractivity contribution in [3.63, 3.8) is 0 Å². The molecule has 16 heavy (non-hydrogen) atoms. The van der Waals surface area contributed by atoms with Crippen molar-refractivity contribution < 1.29 is 4.39 Å². The summed E-state index contributed by atoms with van der Waals surface area (Å²) in [6.45, 7) is 0.270. The van der Waals surface area contributed by atoms with E-state index < -0.39 is 5.82 Å². The molecule has 0 heterocycles. The maximum absolute atomic E-state index is 13.0. The lowest BCUT2D eigenvalue weighted by molar-refractivity contribution is 0.628. The fourth-order valence-corrected chi connectivity index (χ4v) is 1.20. The van der Waals surface area contributed by atoms with E-state index in [1.165, 1.54) is 6.07 Å². The maximum Gasteiger partial charge on any atom is 0.126 e. The van der Waals surface area contributed by atoms with E-state index in [2.05, 4.69) is 21.9 Å². The van der Waals surface area contributed by atoms with Crippen molar-refractivity contribution in [3.05, 3.63) is 39.0 Å². The molecule has 0 aliphatic heterocycles. The zero-order valence-electron chi connectivity index (χ0n) is 8.24. The molecule has 82 valence electrons. The van der Waals surface area contributed by atoms with Crippen LogP contribution in [0.4, 0.5) is 10.1 Å². The summed E-state index contributed by atoms with van der Waals surface area (Å²) in [6.07, 6.45) is 0.387. The van der Waals surface area contributed by atoms with E-state index in [0.717, 1.165) is 6.07 Å². The molecule has 6 heteroatoms. The maximum atomic E-state index is 13.0. The third-order valence-corrected chi connectivity index (χ3v) is 2.03. The Morgan fingerprint density at radius 1 is 1.56 bits per heavy atom. The second-order valence-electron chi connectivity index (χ2n) is 2.86. The van der Waals surface area contributed by atoms with Crippen LogP contribution in [0.5, 0.6) is 0 Å². The fraction of sp³-hybridized carbons (Fsp3) is 0.200. The number of nitrogens with zero attached hydrogens (tertiary/aromatic N) is 3. The molecule has 0 radical (unpaired) electrons. The third kappa shape index (κ3) is 3.35. The number of nitrogens with two attached hydrogens (primary N) is 1. The molecule has 0 saturated carbocycles. The van der Waals surface area contributed by atoms with Crippen LogP contribution in [0.25, 0.3) is 10.4 Å². The van der Waals surface area contributed by atoms with Crippen LogP contribution in [-0.2, 0) is 0 Å². The average molecular weight is 239 g/mol. The molecule has 0 aromatic heterocycles. The Bertz CT molecular complexity index is 498. The van der Waals surface area contributed by atoms with E-state index >= 15 is 0 Å². The van der Waals surface area contributed by atoms with Gasteiger partial charge in [-0.25, -0.2) is 4.39 Å². The number of rotatable bonds is 2. The molecule has 4 nitrogen and oxygen atoms in total. The first-order chi connectivity index (χ1) is 7.65. The Labute approximate surface area is 96.8 Å². The highest BCUT2D eigenvalue weighted by atomic mass is 35.5. The Morgan fingerprint density at radius 3 is 3.00 bits per heavy atom. The highest BCUT2D eigenvalue weighted by Gasteiger charge is 2.03. The SMILES string of the molecule is [N-]=[N+]=NCCC#Cc1cc(F)cc(Cl)c1N. The number of hydrogen-bond acceptors (Lipinski definition) is 2. The minimum absolute atomic E-state index is 0.138. The van der Waals surface area contributed by atoms with E-state index in [0.29, 0.717) is 12.0 Å². The van der Waals surface area contributed by atoms with Gasteiger partial charge in [0.25, 0.3) is 0 Å². The van der Waals surface area contributed by atoms with Gasteiger partial charge in [0.05, 0.1) is 16.3 Å². The summed E-state index contributed by atoms with van der Waals surface area (Å²) >= 11 is 5.68. The van der Waals surface area contributed by atoms with Crippen molar-refractivity contribution in [3.8, 4) is 11.8 Å². The van der Waals surface area contributed by atoms with Gasteiger partial charge in [0.2, 0.25) is 0 Å². The van der Waals surface area contributed by atoms with Crippen LogP contribution in [-0.4, -0.2) is 6.54 Å². The topological polar surface area (TPSA) is 74.8 Å². The second-order valence-corrected chi connectivity index (χ2v) is 3.26. The van der Waals surface area contributed by atoms with Crippen molar-refractivity contribution in [1.29, 1.82) is 0 Å². The van der Waals surface area contributed by atoms with E-state index in [9.17, 15) is 4.39 Å². The predicted molar refractivity (Wildman–Crippen MR) is 61.3 cm³/mol. The Balaban J connectivity index is 2.84. The minimum Gasteiger partial charge on any atom is -0.397 e. The molecule has 0 unspecified atom stereocenters. The van der Waals surface area contributed by atoms with Crippen molar-refractivity contribution in [2.24, 2.45) is 5.11 Å². The van der Waals surface area contributed by atoms with Crippen molar-refractivity contribution in [2.45, 2.75) is 6.42 Å². The van der Waals surface area contributed by atoms with Gasteiger partial charge in [0, 0.05) is 17.9 Å². The summed E-state index contributed by atoms with van der Waals surface area (Å²) in [7, 11) is 0. The van der Waals surface area contributed by atoms with Crippen LogP contribution in [0.2, 0.25) is 5.02 Å². The molecule has 0 bridgehead atoms. The first-order valence-electron chi connectivity index (χ1n) is 4.39. The van der Waals surface area contributed by atoms with E-state index in [4.69, 9.17) is 22.9 Å². The molecule has 0 aliphatic carbocycles. The lowest BCUT2D eigenvalue weighted by Gasteiger charge is -2.00. The smallest absolute Gasteiger partial charge is 0.126 e. The number of benzene rings is 1. The molecule has 0 amide bonds. The molecular weight excluding hydrogens is 231 g/mol. The molecule has 1 aromatic carbocycles. The van der Waals surface area contributed by atoms with Gasteiger partial charge in [-0.15, -0.1) is 0 Å². The zero-order chi connectivity index (χ0) is 12.0. The number of anilines is 1. The lowest BCUT2D eigenvalue weighted by Crippen LogP contribution is -1.93. The highest BCUT2D eigenvalue weighted by molar-refractivity contribution is 6.33. The normalized spacial score (nSPS) is 8.88. The summed E-state index contributed by atoms with van der Waals surface area (Å²) < 4.78 is 13.0. The molecule has 0 spiro atoms. The van der Waals surface area contributed by atoms with Crippen LogP contribution in [0.1, 0.15) is 12.0 Å². The summed E-state index contributed by atoms with van der Waals surface area (Å²) in [5.74, 6) is 4.89. The first-order valence-corrected chi connectivity index (χ1v) is 4.77. The van der Waals surface area contributed by atoms with E-state index in [-0.39, 0.29) is 17.3 Å². The highest BCUT2D eigenvalue weighted by Crippen LogP contribution is 2.23. The Kier molecular flexibility index (Phi) is 4.46. The van der Waals surface area contributed by atoms with E-state index in [1.807, 2.05) is 0 Å². The van der Waals surface area contributed by atoms with Gasteiger partial charge >= 0.3 is 0 Å². The van der Waals surface area contributed by atoms with E-state index in [1.54, 1.807) is 0 Å². The van der Waals surface area contributed by atoms with Crippen LogP contribution >= 0.6 is 11.6 Å². The zero-order valence-corrected chi connectivity index (χ0v) is 9.00. The molecule has 2 N–H and O–H groups in total. The predicted octanol–water partition coefficient (Wildman–Crippen LogP) is 3.11. The molecule has 0 aliphatic rings. The monoisotopic (exact) mass is 238 g/mol. The Hall–Kier alpha value is -1.89. The van der Waals surface area contributed by atoms with Gasteiger partial charge in [-0.1, -0.05) is 28.6 Å². The Morgan fingerprint density at radius 2 is 2.31 bits per heavy atom. The summed E-state index contributed by atoms with van der Waals surface area (Å²) in [4.78, 5) is 2.58. The lowest BCUT2D eigenvalue weighted by atomic mass is 10.2. The molecule has 0 saturated heterocycles. The quantitative estimate of drug-likeness (QED) is 0.211. The van der Waals surface area contributed by atoms with Crippen molar-refractivity contribution in [2.75, 3.05) is 12.3 Å². The van der Waals surface area contributed by atoms with Crippen molar-refractivity contribution >= 4 is 17.3 Å². The molecule has 0 fully saturated rings. The van der Waals surface area contributed by atoms with Crippen LogP contribution in [0.3, 0.4) is 0 Å². The fourth-order valence-electron chi connectivity index (χ4n) is 0.997. The number of nitrogen functional groups attached to an aromatic ring is 1. The second kappa shape index (κ2) is 5.86. The summed E-state index contributed by atoms with van der Waals surface area (Å²) in [6, 6.07) is 2.34. The standard InChI is InChI=1S/C10H8ClFN4/c11-9-6-8(12)5-7(10(9)13)3-1-2-4-15-16-14/h5-6H,2,4,13H2. The number of hydrogen-bond donors (Lipinski definition) is 1. The number of azide groups is 1. The third-order valence-electron chi connectivity index (χ3n) is 1.72. The van der Waals surface area contributed by atoms with Gasteiger partial charge in [0.15, 0.2) is 0 Å². The van der Waals surface area contributed by atoms with Crippen molar-refractivity contribution in [1.82, 2.24) is 0 Å². The van der Waals surface area contributed by atoms with Crippen LogP contribution in [0, 0.1) is 17.7 Å². The first kappa shape index (κ1) is 12.2. The van der Waals surface area contributed by atoms with Gasteiger partial charge in [-0.05, 0) is 17.7 Å². The molecule has 0 atom stereocenters. The largest absolute Gasteiger partial charge is 0.397 e. The van der Waals surface area contributed by atoms with Gasteiger partial charge in [-0.3, -0.25) is 0 Å². The summed E-state index contributed by atoms with van der Waals surface area (Å²) in [5, 5.41) is 3.45. The van der Waals surface area contributed by atoms with Crippen LogP contribution in [0.15, 0.2) is 17.2 Å². The summed E-state index contributed by atoms with van der Waals surface area (Å²) in [5.41, 5.74) is 14.2. The average Bonchev–Trinajstić information content (AvgIpc) is 2.24. The van der Waals surface area contributed by atoms with Crippen LogP contribution < -0.4 is 5.73 Å². The van der Waals surface area contributed by atoms with Gasteiger partial charge in [-0.2, -0.15) is 0 Å². The molecular formula is C10H8ClFN4. The number of halogens is 2. The molecule has 1 rings (SSSR count). The van der Waals surface area contributed by atoms with Gasteiger partial charge in [0.1, 0.15) is 5.82 Å². The molecule has 1 aromatic rings.